The lowest BCUT2D eigenvalue weighted by molar-refractivity contribution is -0.0525. The fourth-order valence-corrected chi connectivity index (χ4v) is 1.69. The van der Waals surface area contributed by atoms with Crippen LogP contribution in [-0.2, 0) is 14.2 Å². The summed E-state index contributed by atoms with van der Waals surface area (Å²) in [5.41, 5.74) is 0. The summed E-state index contributed by atoms with van der Waals surface area (Å²) < 4.78 is 16.9. The monoisotopic (exact) mass is 272 g/mol. The number of rotatable bonds is 15. The van der Waals surface area contributed by atoms with Crippen molar-refractivity contribution in [2.24, 2.45) is 0 Å². The molecule has 19 heavy (non-hydrogen) atoms. The van der Waals surface area contributed by atoms with Gasteiger partial charge in [-0.25, -0.2) is 0 Å². The maximum Gasteiger partial charge on any atom is 0.104 e. The lowest BCUT2D eigenvalue weighted by Crippen LogP contribution is -2.26. The van der Waals surface area contributed by atoms with E-state index in [4.69, 9.17) is 14.2 Å². The molecule has 0 saturated heterocycles. The first-order valence-corrected chi connectivity index (χ1v) is 7.73. The third-order valence-electron chi connectivity index (χ3n) is 2.84. The maximum absolute atomic E-state index is 5.64. The van der Waals surface area contributed by atoms with Crippen LogP contribution in [0, 0.1) is 0 Å². The Balaban J connectivity index is 3.59. The number of unbranched alkanes of at least 4 members (excludes halogenated alkanes) is 4. The second kappa shape index (κ2) is 15.7. The molecule has 114 valence electrons. The van der Waals surface area contributed by atoms with Crippen LogP contribution in [0.3, 0.4) is 0 Å². The Morgan fingerprint density at radius 3 is 1.84 bits per heavy atom. The minimum Gasteiger partial charge on any atom is -0.379 e. The van der Waals surface area contributed by atoms with Crippen molar-refractivity contribution in [2.75, 3.05) is 33.0 Å². The molecule has 0 heterocycles. The molecule has 0 aliphatic heterocycles. The average molecular weight is 272 g/mol. The number of hydrogen-bond donors (Lipinski definition) is 0. The minimum absolute atomic E-state index is 0.0289. The van der Waals surface area contributed by atoms with Crippen molar-refractivity contribution < 1.29 is 14.2 Å². The molecule has 0 fully saturated rings. The molecule has 0 atom stereocenters. The van der Waals surface area contributed by atoms with Gasteiger partial charge in [-0.3, -0.25) is 0 Å². The molecule has 3 heteroatoms. The SMILES string of the molecule is C=CCOC(COCCCCC)COCCCCC. The van der Waals surface area contributed by atoms with Gasteiger partial charge < -0.3 is 14.2 Å². The van der Waals surface area contributed by atoms with Crippen LogP contribution in [0.25, 0.3) is 0 Å². The minimum atomic E-state index is 0.0289. The van der Waals surface area contributed by atoms with Crippen LogP contribution < -0.4 is 0 Å². The molecule has 0 amide bonds. The Hall–Kier alpha value is -0.380. The van der Waals surface area contributed by atoms with Crippen molar-refractivity contribution in [3.63, 3.8) is 0 Å². The Morgan fingerprint density at radius 2 is 1.42 bits per heavy atom. The quantitative estimate of drug-likeness (QED) is 0.333. The van der Waals surface area contributed by atoms with Gasteiger partial charge in [-0.2, -0.15) is 0 Å². The highest BCUT2D eigenvalue weighted by Crippen LogP contribution is 2.01. The largest absolute Gasteiger partial charge is 0.379 e. The van der Waals surface area contributed by atoms with Gasteiger partial charge in [0.1, 0.15) is 6.10 Å². The summed E-state index contributed by atoms with van der Waals surface area (Å²) in [6, 6.07) is 0. The van der Waals surface area contributed by atoms with Gasteiger partial charge in [0.05, 0.1) is 19.8 Å². The van der Waals surface area contributed by atoms with E-state index in [9.17, 15) is 0 Å². The molecule has 0 aromatic carbocycles. The van der Waals surface area contributed by atoms with Crippen LogP contribution >= 0.6 is 0 Å². The van der Waals surface area contributed by atoms with Gasteiger partial charge in [0.25, 0.3) is 0 Å². The summed E-state index contributed by atoms with van der Waals surface area (Å²) in [7, 11) is 0. The molecule has 0 aliphatic carbocycles. The molecular weight excluding hydrogens is 240 g/mol. The number of hydrogen-bond acceptors (Lipinski definition) is 3. The standard InChI is InChI=1S/C16H32O3/c1-4-7-9-12-17-14-16(19-11-6-3)15-18-13-10-8-5-2/h6,16H,3-5,7-15H2,1-2H3. The van der Waals surface area contributed by atoms with E-state index >= 15 is 0 Å². The third-order valence-corrected chi connectivity index (χ3v) is 2.84. The molecule has 0 aromatic heterocycles. The zero-order valence-electron chi connectivity index (χ0n) is 12.9. The highest BCUT2D eigenvalue weighted by molar-refractivity contribution is 4.67. The lowest BCUT2D eigenvalue weighted by Gasteiger charge is -2.17. The molecule has 0 rings (SSSR count). The van der Waals surface area contributed by atoms with Gasteiger partial charge in [0.2, 0.25) is 0 Å². The second-order valence-electron chi connectivity index (χ2n) is 4.81. The predicted octanol–water partition coefficient (Wildman–Crippen LogP) is 3.97. The van der Waals surface area contributed by atoms with E-state index in [1.165, 1.54) is 25.7 Å². The number of ether oxygens (including phenoxy) is 3. The fraction of sp³-hybridized carbons (Fsp3) is 0.875. The molecule has 0 aromatic rings. The lowest BCUT2D eigenvalue weighted by atomic mass is 10.3. The van der Waals surface area contributed by atoms with Gasteiger partial charge in [0.15, 0.2) is 0 Å². The topological polar surface area (TPSA) is 27.7 Å². The van der Waals surface area contributed by atoms with Crippen LogP contribution in [-0.4, -0.2) is 39.1 Å². The summed E-state index contributed by atoms with van der Waals surface area (Å²) in [6.45, 7) is 11.5. The van der Waals surface area contributed by atoms with Crippen molar-refractivity contribution in [3.8, 4) is 0 Å². The molecule has 0 bridgehead atoms. The highest BCUT2D eigenvalue weighted by atomic mass is 16.6. The molecule has 0 radical (unpaired) electrons. The van der Waals surface area contributed by atoms with E-state index in [2.05, 4.69) is 20.4 Å². The first-order valence-electron chi connectivity index (χ1n) is 7.73. The summed E-state index contributed by atoms with van der Waals surface area (Å²) in [4.78, 5) is 0. The van der Waals surface area contributed by atoms with Crippen LogP contribution in [0.15, 0.2) is 12.7 Å². The molecule has 0 aliphatic rings. The molecule has 0 N–H and O–H groups in total. The predicted molar refractivity (Wildman–Crippen MR) is 80.6 cm³/mol. The summed E-state index contributed by atoms with van der Waals surface area (Å²) in [5, 5.41) is 0. The van der Waals surface area contributed by atoms with Crippen molar-refractivity contribution in [3.05, 3.63) is 12.7 Å². The fourth-order valence-electron chi connectivity index (χ4n) is 1.69. The van der Waals surface area contributed by atoms with Crippen molar-refractivity contribution in [2.45, 2.75) is 58.5 Å². The van der Waals surface area contributed by atoms with Gasteiger partial charge in [0, 0.05) is 13.2 Å². The van der Waals surface area contributed by atoms with Crippen LogP contribution in [0.5, 0.6) is 0 Å². The van der Waals surface area contributed by atoms with Crippen molar-refractivity contribution in [1.82, 2.24) is 0 Å². The zero-order chi connectivity index (χ0) is 14.2. The normalized spacial score (nSPS) is 11.1. The first-order chi connectivity index (χ1) is 9.35. The molecule has 0 saturated carbocycles. The van der Waals surface area contributed by atoms with E-state index in [1.807, 2.05) is 0 Å². The Labute approximate surface area is 119 Å². The van der Waals surface area contributed by atoms with Crippen LogP contribution in [0.2, 0.25) is 0 Å². The molecular formula is C16H32O3. The van der Waals surface area contributed by atoms with E-state index in [1.54, 1.807) is 6.08 Å². The van der Waals surface area contributed by atoms with Crippen LogP contribution in [0.4, 0.5) is 0 Å². The molecule has 3 nitrogen and oxygen atoms in total. The Morgan fingerprint density at radius 1 is 0.895 bits per heavy atom. The molecule has 0 spiro atoms. The first kappa shape index (κ1) is 18.6. The summed E-state index contributed by atoms with van der Waals surface area (Å²) >= 11 is 0. The van der Waals surface area contributed by atoms with E-state index in [0.717, 1.165) is 26.1 Å². The summed E-state index contributed by atoms with van der Waals surface area (Å²) in [5.74, 6) is 0. The van der Waals surface area contributed by atoms with E-state index < -0.39 is 0 Å². The highest BCUT2D eigenvalue weighted by Gasteiger charge is 2.09. The summed E-state index contributed by atoms with van der Waals surface area (Å²) in [6.07, 6.45) is 8.95. The Bertz CT molecular complexity index is 169. The van der Waals surface area contributed by atoms with Crippen LogP contribution in [0.1, 0.15) is 52.4 Å². The smallest absolute Gasteiger partial charge is 0.104 e. The van der Waals surface area contributed by atoms with Gasteiger partial charge in [-0.05, 0) is 12.8 Å². The van der Waals surface area contributed by atoms with Crippen molar-refractivity contribution in [1.29, 1.82) is 0 Å². The second-order valence-corrected chi connectivity index (χ2v) is 4.81. The zero-order valence-corrected chi connectivity index (χ0v) is 12.9. The molecule has 0 unspecified atom stereocenters. The van der Waals surface area contributed by atoms with Gasteiger partial charge >= 0.3 is 0 Å². The Kier molecular flexibility index (Phi) is 15.4. The van der Waals surface area contributed by atoms with Crippen molar-refractivity contribution >= 4 is 0 Å². The van der Waals surface area contributed by atoms with E-state index in [-0.39, 0.29) is 6.10 Å². The van der Waals surface area contributed by atoms with E-state index in [0.29, 0.717) is 19.8 Å². The maximum atomic E-state index is 5.64. The van der Waals surface area contributed by atoms with Gasteiger partial charge in [-0.15, -0.1) is 6.58 Å². The van der Waals surface area contributed by atoms with Gasteiger partial charge in [-0.1, -0.05) is 45.6 Å². The third kappa shape index (κ3) is 13.8. The average Bonchev–Trinajstić information content (AvgIpc) is 2.43.